The summed E-state index contributed by atoms with van der Waals surface area (Å²) in [4.78, 5) is 2.62. The molecule has 0 amide bonds. The van der Waals surface area contributed by atoms with E-state index in [9.17, 15) is 0 Å². The van der Waals surface area contributed by atoms with Gasteiger partial charge in [0.05, 0.1) is 22.1 Å². The van der Waals surface area contributed by atoms with Crippen molar-refractivity contribution in [3.63, 3.8) is 0 Å². The molecule has 0 atom stereocenters. The van der Waals surface area contributed by atoms with Crippen molar-refractivity contribution in [1.29, 1.82) is 0 Å². The molecule has 11 aromatic rings. The third-order valence-electron chi connectivity index (χ3n) is 11.5. The number of rotatable bonds is 4. The van der Waals surface area contributed by atoms with Crippen molar-refractivity contribution in [3.05, 3.63) is 194 Å². The minimum Gasteiger partial charge on any atom is -0.309 e. The Bertz CT molecular complexity index is 3320. The molecule has 2 aromatic heterocycles. The SMILES string of the molecule is c1ccc(-c2ccc(-n3c4ccccc4c4ccc(-c5ccc6c(c5)c5c7cccc8c7c(cc5n6-c5ccccc5)Sc5ccccc5-8)cc43)cc2)cc1. The Morgan fingerprint density at radius 3 is 1.76 bits per heavy atom. The first-order valence-corrected chi connectivity index (χ1v) is 19.7. The lowest BCUT2D eigenvalue weighted by Gasteiger charge is -2.21. The van der Waals surface area contributed by atoms with Gasteiger partial charge in [-0.3, -0.25) is 0 Å². The molecule has 0 radical (unpaired) electrons. The third kappa shape index (κ3) is 4.57. The van der Waals surface area contributed by atoms with Crippen LogP contribution < -0.4 is 0 Å². The Kier molecular flexibility index (Phi) is 6.60. The highest BCUT2D eigenvalue weighted by Gasteiger charge is 2.24. The summed E-state index contributed by atoms with van der Waals surface area (Å²) >= 11 is 1.89. The molecule has 0 saturated heterocycles. The van der Waals surface area contributed by atoms with Crippen LogP contribution in [0.5, 0.6) is 0 Å². The zero-order valence-corrected chi connectivity index (χ0v) is 30.6. The maximum absolute atomic E-state index is 2.46. The van der Waals surface area contributed by atoms with Crippen LogP contribution in [0.3, 0.4) is 0 Å². The van der Waals surface area contributed by atoms with E-state index < -0.39 is 0 Å². The quantitative estimate of drug-likeness (QED) is 0.176. The van der Waals surface area contributed by atoms with E-state index in [0.717, 1.165) is 5.69 Å². The topological polar surface area (TPSA) is 9.86 Å². The van der Waals surface area contributed by atoms with Crippen LogP contribution in [0.4, 0.5) is 0 Å². The first-order valence-electron chi connectivity index (χ1n) is 18.8. The minimum atomic E-state index is 1.16. The van der Waals surface area contributed by atoms with Crippen molar-refractivity contribution >= 4 is 66.1 Å². The van der Waals surface area contributed by atoms with E-state index in [4.69, 9.17) is 0 Å². The molecule has 55 heavy (non-hydrogen) atoms. The second kappa shape index (κ2) is 11.8. The van der Waals surface area contributed by atoms with Crippen molar-refractivity contribution in [2.75, 3.05) is 0 Å². The van der Waals surface area contributed by atoms with Gasteiger partial charge < -0.3 is 9.13 Å². The lowest BCUT2D eigenvalue weighted by molar-refractivity contribution is 1.18. The van der Waals surface area contributed by atoms with E-state index in [1.165, 1.54) is 103 Å². The Labute approximate surface area is 322 Å². The zero-order chi connectivity index (χ0) is 36.0. The molecule has 256 valence electrons. The Morgan fingerprint density at radius 2 is 0.891 bits per heavy atom. The summed E-state index contributed by atoms with van der Waals surface area (Å²) < 4.78 is 4.88. The number of hydrogen-bond donors (Lipinski definition) is 0. The fourth-order valence-electron chi connectivity index (χ4n) is 9.05. The van der Waals surface area contributed by atoms with Gasteiger partial charge in [0.25, 0.3) is 0 Å². The van der Waals surface area contributed by atoms with Gasteiger partial charge in [0.1, 0.15) is 0 Å². The molecule has 0 unspecified atom stereocenters. The third-order valence-corrected chi connectivity index (χ3v) is 12.6. The molecule has 0 saturated carbocycles. The van der Waals surface area contributed by atoms with E-state index in [0.29, 0.717) is 0 Å². The zero-order valence-electron chi connectivity index (χ0n) is 29.8. The van der Waals surface area contributed by atoms with Gasteiger partial charge in [-0.2, -0.15) is 0 Å². The number of fused-ring (bicyclic) bond motifs is 9. The molecule has 0 spiro atoms. The average molecular weight is 717 g/mol. The van der Waals surface area contributed by atoms with Crippen LogP contribution in [0.15, 0.2) is 204 Å². The van der Waals surface area contributed by atoms with Crippen LogP contribution >= 0.6 is 11.8 Å². The fraction of sp³-hybridized carbons (Fsp3) is 0. The molecule has 1 aliphatic heterocycles. The smallest absolute Gasteiger partial charge is 0.0558 e. The normalized spacial score (nSPS) is 12.3. The van der Waals surface area contributed by atoms with Crippen molar-refractivity contribution in [2.45, 2.75) is 9.79 Å². The van der Waals surface area contributed by atoms with Gasteiger partial charge in [0, 0.05) is 48.1 Å². The number of hydrogen-bond acceptors (Lipinski definition) is 1. The van der Waals surface area contributed by atoms with E-state index in [1.807, 2.05) is 11.8 Å². The molecule has 0 fully saturated rings. The fourth-order valence-corrected chi connectivity index (χ4v) is 10.2. The van der Waals surface area contributed by atoms with E-state index in [1.54, 1.807) is 0 Å². The number of nitrogens with zero attached hydrogens (tertiary/aromatic N) is 2. The van der Waals surface area contributed by atoms with Crippen LogP contribution in [0.1, 0.15) is 0 Å². The molecule has 3 heterocycles. The molecule has 12 rings (SSSR count). The van der Waals surface area contributed by atoms with Gasteiger partial charge >= 0.3 is 0 Å². The summed E-state index contributed by atoms with van der Waals surface area (Å²) in [5.74, 6) is 0. The van der Waals surface area contributed by atoms with Gasteiger partial charge in [-0.05, 0) is 99.4 Å². The molecule has 2 nitrogen and oxygen atoms in total. The molecule has 3 heteroatoms. The number of benzene rings is 9. The lowest BCUT2D eigenvalue weighted by Crippen LogP contribution is -1.96. The summed E-state index contributed by atoms with van der Waals surface area (Å²) in [5, 5.41) is 7.73. The Balaban J connectivity index is 1.09. The maximum Gasteiger partial charge on any atom is 0.0558 e. The van der Waals surface area contributed by atoms with Crippen LogP contribution in [0.25, 0.3) is 99.1 Å². The molecule has 0 bridgehead atoms. The van der Waals surface area contributed by atoms with E-state index in [-0.39, 0.29) is 0 Å². The summed E-state index contributed by atoms with van der Waals surface area (Å²) in [5.41, 5.74) is 14.7. The van der Waals surface area contributed by atoms with E-state index >= 15 is 0 Å². The van der Waals surface area contributed by atoms with Crippen molar-refractivity contribution in [2.24, 2.45) is 0 Å². The van der Waals surface area contributed by atoms with Gasteiger partial charge in [-0.15, -0.1) is 0 Å². The second-order valence-electron chi connectivity index (χ2n) is 14.5. The maximum atomic E-state index is 2.46. The number of aromatic nitrogens is 2. The van der Waals surface area contributed by atoms with Crippen LogP contribution in [0, 0.1) is 0 Å². The highest BCUT2D eigenvalue weighted by molar-refractivity contribution is 7.99. The molecule has 9 aromatic carbocycles. The average Bonchev–Trinajstić information content (AvgIpc) is 3.76. The van der Waals surface area contributed by atoms with Crippen LogP contribution in [-0.2, 0) is 0 Å². The molecule has 1 aliphatic rings. The Hall–Kier alpha value is -6.81. The van der Waals surface area contributed by atoms with Gasteiger partial charge in [0.2, 0.25) is 0 Å². The van der Waals surface area contributed by atoms with Gasteiger partial charge in [0.15, 0.2) is 0 Å². The molecular formula is C52H32N2S. The first kappa shape index (κ1) is 30.6. The summed E-state index contributed by atoms with van der Waals surface area (Å²) in [6, 6.07) is 71.4. The predicted molar refractivity (Wildman–Crippen MR) is 233 cm³/mol. The highest BCUT2D eigenvalue weighted by atomic mass is 32.2. The van der Waals surface area contributed by atoms with Crippen molar-refractivity contribution in [3.8, 4) is 44.8 Å². The lowest BCUT2D eigenvalue weighted by atomic mass is 9.94. The summed E-state index contributed by atoms with van der Waals surface area (Å²) in [6.45, 7) is 0. The molecular weight excluding hydrogens is 685 g/mol. The predicted octanol–water partition coefficient (Wildman–Crippen LogP) is 14.5. The van der Waals surface area contributed by atoms with Gasteiger partial charge in [-0.25, -0.2) is 0 Å². The minimum absolute atomic E-state index is 1.16. The summed E-state index contributed by atoms with van der Waals surface area (Å²) in [7, 11) is 0. The van der Waals surface area contributed by atoms with E-state index in [2.05, 4.69) is 203 Å². The van der Waals surface area contributed by atoms with Crippen molar-refractivity contribution in [1.82, 2.24) is 9.13 Å². The van der Waals surface area contributed by atoms with Gasteiger partial charge in [-0.1, -0.05) is 145 Å². The number of para-hydroxylation sites is 2. The summed E-state index contributed by atoms with van der Waals surface area (Å²) in [6.07, 6.45) is 0. The largest absolute Gasteiger partial charge is 0.309 e. The monoisotopic (exact) mass is 716 g/mol. The highest BCUT2D eigenvalue weighted by Crippen LogP contribution is 2.51. The second-order valence-corrected chi connectivity index (χ2v) is 15.6. The standard InChI is InChI=1S/C52H32N2S/c1-3-12-33(13-4-1)34-22-26-38(27-23-34)53-45-20-9-7-16-39(45)40-28-24-36(31-47(40)53)35-25-29-46-44(30-35)51-43-19-11-18-42-41-17-8-10-21-49(41)55-50(52(42)43)32-48(51)54(46)37-14-5-2-6-15-37/h1-32H. The molecule has 0 aliphatic carbocycles. The van der Waals surface area contributed by atoms with Crippen molar-refractivity contribution < 1.29 is 0 Å². The first-order chi connectivity index (χ1) is 27.3. The van der Waals surface area contributed by atoms with Crippen LogP contribution in [0.2, 0.25) is 0 Å². The molecule has 0 N–H and O–H groups in total. The van der Waals surface area contributed by atoms with Crippen LogP contribution in [-0.4, -0.2) is 9.13 Å². The Morgan fingerprint density at radius 1 is 0.291 bits per heavy atom.